The number of hydrogen-bond acceptors (Lipinski definition) is 3. The SMILES string of the molecule is C[C@@H]1CCCC[C@]1(N)C(=O)OC(C)(C)C. The summed E-state index contributed by atoms with van der Waals surface area (Å²) in [6.45, 7) is 7.67. The minimum atomic E-state index is -0.758. The van der Waals surface area contributed by atoms with Crippen molar-refractivity contribution in [3.8, 4) is 0 Å². The smallest absolute Gasteiger partial charge is 0.326 e. The minimum absolute atomic E-state index is 0.223. The predicted octanol–water partition coefficient (Wildman–Crippen LogP) is 2.24. The van der Waals surface area contributed by atoms with Crippen LogP contribution in [-0.4, -0.2) is 17.1 Å². The molecule has 0 aliphatic heterocycles. The average Bonchev–Trinajstić information content (AvgIpc) is 2.07. The summed E-state index contributed by atoms with van der Waals surface area (Å²) in [6.07, 6.45) is 3.97. The van der Waals surface area contributed by atoms with Crippen molar-refractivity contribution in [1.82, 2.24) is 0 Å². The third-order valence-electron chi connectivity index (χ3n) is 3.14. The molecule has 0 saturated heterocycles. The van der Waals surface area contributed by atoms with Gasteiger partial charge in [-0.3, -0.25) is 4.79 Å². The fourth-order valence-electron chi connectivity index (χ4n) is 2.05. The number of rotatable bonds is 1. The number of esters is 1. The predicted molar refractivity (Wildman–Crippen MR) is 60.4 cm³/mol. The molecule has 3 heteroatoms. The van der Waals surface area contributed by atoms with E-state index < -0.39 is 11.1 Å². The topological polar surface area (TPSA) is 52.3 Å². The van der Waals surface area contributed by atoms with Crippen LogP contribution in [0.4, 0.5) is 0 Å². The Hall–Kier alpha value is -0.570. The fourth-order valence-corrected chi connectivity index (χ4v) is 2.05. The monoisotopic (exact) mass is 213 g/mol. The zero-order valence-electron chi connectivity index (χ0n) is 10.3. The highest BCUT2D eigenvalue weighted by Crippen LogP contribution is 2.33. The van der Waals surface area contributed by atoms with Gasteiger partial charge < -0.3 is 10.5 Å². The summed E-state index contributed by atoms with van der Waals surface area (Å²) < 4.78 is 5.39. The van der Waals surface area contributed by atoms with Gasteiger partial charge in [-0.05, 0) is 39.5 Å². The van der Waals surface area contributed by atoms with Crippen LogP contribution >= 0.6 is 0 Å². The normalized spacial score (nSPS) is 32.5. The number of nitrogens with two attached hydrogens (primary N) is 1. The molecule has 88 valence electrons. The summed E-state index contributed by atoms with van der Waals surface area (Å²) >= 11 is 0. The van der Waals surface area contributed by atoms with E-state index >= 15 is 0 Å². The van der Waals surface area contributed by atoms with E-state index in [2.05, 4.69) is 0 Å². The van der Waals surface area contributed by atoms with Crippen LogP contribution < -0.4 is 5.73 Å². The van der Waals surface area contributed by atoms with Crippen LogP contribution in [0.2, 0.25) is 0 Å². The maximum Gasteiger partial charge on any atom is 0.326 e. The van der Waals surface area contributed by atoms with Gasteiger partial charge in [0.2, 0.25) is 0 Å². The number of hydrogen-bond donors (Lipinski definition) is 1. The van der Waals surface area contributed by atoms with Crippen LogP contribution in [0.1, 0.15) is 53.4 Å². The number of carbonyl (C=O) groups is 1. The molecule has 15 heavy (non-hydrogen) atoms. The lowest BCUT2D eigenvalue weighted by atomic mass is 9.74. The molecule has 0 aromatic rings. The van der Waals surface area contributed by atoms with E-state index in [9.17, 15) is 4.79 Å². The zero-order chi connectivity index (χ0) is 11.7. The first-order valence-electron chi connectivity index (χ1n) is 5.78. The van der Waals surface area contributed by atoms with E-state index in [1.807, 2.05) is 27.7 Å². The summed E-state index contributed by atoms with van der Waals surface area (Å²) in [5, 5.41) is 0. The number of ether oxygens (including phenoxy) is 1. The molecular formula is C12H23NO2. The van der Waals surface area contributed by atoms with Gasteiger partial charge in [0.1, 0.15) is 11.1 Å². The summed E-state index contributed by atoms with van der Waals surface area (Å²) in [5.74, 6) is -0.0108. The van der Waals surface area contributed by atoms with E-state index in [1.165, 1.54) is 6.42 Å². The van der Waals surface area contributed by atoms with Gasteiger partial charge in [0.05, 0.1) is 0 Å². The quantitative estimate of drug-likeness (QED) is 0.680. The molecule has 0 aromatic heterocycles. The number of carbonyl (C=O) groups excluding carboxylic acids is 1. The fraction of sp³-hybridized carbons (Fsp3) is 0.917. The molecule has 0 heterocycles. The Morgan fingerprint density at radius 2 is 2.00 bits per heavy atom. The minimum Gasteiger partial charge on any atom is -0.459 e. The molecule has 0 unspecified atom stereocenters. The highest BCUT2D eigenvalue weighted by atomic mass is 16.6. The van der Waals surface area contributed by atoms with Crippen molar-refractivity contribution < 1.29 is 9.53 Å². The van der Waals surface area contributed by atoms with Gasteiger partial charge in [-0.15, -0.1) is 0 Å². The first-order valence-corrected chi connectivity index (χ1v) is 5.78. The molecule has 3 nitrogen and oxygen atoms in total. The molecule has 0 radical (unpaired) electrons. The largest absolute Gasteiger partial charge is 0.459 e. The van der Waals surface area contributed by atoms with Crippen LogP contribution in [0.3, 0.4) is 0 Å². The second-order valence-corrected chi connectivity index (χ2v) is 5.69. The van der Waals surface area contributed by atoms with Gasteiger partial charge in [-0.25, -0.2) is 0 Å². The van der Waals surface area contributed by atoms with Gasteiger partial charge in [-0.2, -0.15) is 0 Å². The lowest BCUT2D eigenvalue weighted by Crippen LogP contribution is -2.56. The van der Waals surface area contributed by atoms with Crippen molar-refractivity contribution in [2.45, 2.75) is 64.5 Å². The molecule has 0 aromatic carbocycles. The molecule has 1 aliphatic rings. The van der Waals surface area contributed by atoms with Crippen molar-refractivity contribution in [2.24, 2.45) is 11.7 Å². The summed E-state index contributed by atoms with van der Waals surface area (Å²) in [4.78, 5) is 12.0. The third-order valence-corrected chi connectivity index (χ3v) is 3.14. The van der Waals surface area contributed by atoms with Crippen molar-refractivity contribution in [2.75, 3.05) is 0 Å². The van der Waals surface area contributed by atoms with Gasteiger partial charge in [0.15, 0.2) is 0 Å². The summed E-state index contributed by atoms with van der Waals surface area (Å²) in [7, 11) is 0. The molecule has 0 bridgehead atoms. The van der Waals surface area contributed by atoms with Gasteiger partial charge in [0.25, 0.3) is 0 Å². The highest BCUT2D eigenvalue weighted by molar-refractivity contribution is 5.81. The maximum atomic E-state index is 12.0. The van der Waals surface area contributed by atoms with Crippen LogP contribution in [-0.2, 0) is 9.53 Å². The molecule has 2 atom stereocenters. The Morgan fingerprint density at radius 1 is 1.40 bits per heavy atom. The van der Waals surface area contributed by atoms with Crippen molar-refractivity contribution in [1.29, 1.82) is 0 Å². The first-order chi connectivity index (χ1) is 6.76. The average molecular weight is 213 g/mol. The highest BCUT2D eigenvalue weighted by Gasteiger charge is 2.43. The Bertz CT molecular complexity index is 244. The first kappa shape index (κ1) is 12.5. The Balaban J connectivity index is 2.71. The molecule has 1 rings (SSSR count). The molecular weight excluding hydrogens is 190 g/mol. The van der Waals surface area contributed by atoms with Crippen LogP contribution in [0.5, 0.6) is 0 Å². The molecule has 0 spiro atoms. The maximum absolute atomic E-state index is 12.0. The second-order valence-electron chi connectivity index (χ2n) is 5.69. The second kappa shape index (κ2) is 4.12. The van der Waals surface area contributed by atoms with Crippen LogP contribution in [0.25, 0.3) is 0 Å². The standard InChI is InChI=1S/C12H23NO2/c1-9-7-5-6-8-12(9,13)10(14)15-11(2,3)4/h9H,5-8,13H2,1-4H3/t9-,12-/m1/s1. The Labute approximate surface area is 92.4 Å². The molecule has 1 fully saturated rings. The Morgan fingerprint density at radius 3 is 2.47 bits per heavy atom. The van der Waals surface area contributed by atoms with E-state index in [1.54, 1.807) is 0 Å². The van der Waals surface area contributed by atoms with E-state index in [0.717, 1.165) is 19.3 Å². The molecule has 0 amide bonds. The summed E-state index contributed by atoms with van der Waals surface area (Å²) in [5.41, 5.74) is 4.98. The lowest BCUT2D eigenvalue weighted by molar-refractivity contribution is -0.165. The molecule has 1 aliphatic carbocycles. The zero-order valence-corrected chi connectivity index (χ0v) is 10.3. The van der Waals surface area contributed by atoms with Crippen molar-refractivity contribution >= 4 is 5.97 Å². The van der Waals surface area contributed by atoms with Gasteiger partial charge in [-0.1, -0.05) is 19.8 Å². The van der Waals surface area contributed by atoms with Crippen molar-refractivity contribution in [3.63, 3.8) is 0 Å². The summed E-state index contributed by atoms with van der Waals surface area (Å²) in [6, 6.07) is 0. The lowest BCUT2D eigenvalue weighted by Gasteiger charge is -2.38. The van der Waals surface area contributed by atoms with Gasteiger partial charge in [0, 0.05) is 0 Å². The van der Waals surface area contributed by atoms with E-state index in [4.69, 9.17) is 10.5 Å². The molecule has 2 N–H and O–H groups in total. The van der Waals surface area contributed by atoms with Crippen molar-refractivity contribution in [3.05, 3.63) is 0 Å². The van der Waals surface area contributed by atoms with E-state index in [-0.39, 0.29) is 11.9 Å². The third kappa shape index (κ3) is 2.94. The molecule has 1 saturated carbocycles. The van der Waals surface area contributed by atoms with Crippen LogP contribution in [0, 0.1) is 5.92 Å². The Kier molecular flexibility index (Phi) is 3.44. The van der Waals surface area contributed by atoms with Crippen LogP contribution in [0.15, 0.2) is 0 Å². The van der Waals surface area contributed by atoms with Gasteiger partial charge >= 0.3 is 5.97 Å². The van der Waals surface area contributed by atoms with E-state index in [0.29, 0.717) is 0 Å².